The van der Waals surface area contributed by atoms with E-state index < -0.39 is 10.1 Å². The zero-order valence-electron chi connectivity index (χ0n) is 16.7. The van der Waals surface area contributed by atoms with Crippen molar-refractivity contribution < 1.29 is 12.6 Å². The molecule has 4 nitrogen and oxygen atoms in total. The number of rotatable bonds is 17. The van der Waals surface area contributed by atoms with Crippen molar-refractivity contribution in [3.8, 4) is 0 Å². The van der Waals surface area contributed by atoms with Crippen molar-refractivity contribution in [3.05, 3.63) is 0 Å². The molecule has 1 aliphatic rings. The van der Waals surface area contributed by atoms with Crippen molar-refractivity contribution in [1.82, 2.24) is 4.90 Å². The van der Waals surface area contributed by atoms with Crippen LogP contribution in [0.15, 0.2) is 0 Å². The van der Waals surface area contributed by atoms with Gasteiger partial charge in [-0.25, -0.2) is 0 Å². The smallest absolute Gasteiger partial charge is 0.264 e. The van der Waals surface area contributed by atoms with Crippen molar-refractivity contribution in [3.63, 3.8) is 0 Å². The minimum absolute atomic E-state index is 0.110. The van der Waals surface area contributed by atoms with Gasteiger partial charge in [0, 0.05) is 13.1 Å². The minimum Gasteiger partial charge on any atom is -0.298 e. The van der Waals surface area contributed by atoms with E-state index >= 15 is 0 Å². The van der Waals surface area contributed by atoms with Gasteiger partial charge in [0.25, 0.3) is 10.1 Å². The molecular weight excluding hydrogens is 334 g/mol. The molecule has 1 saturated heterocycles. The summed E-state index contributed by atoms with van der Waals surface area (Å²) in [5, 5.41) is 0. The van der Waals surface area contributed by atoms with Crippen LogP contribution < -0.4 is 0 Å². The van der Waals surface area contributed by atoms with Crippen LogP contribution in [-0.4, -0.2) is 45.3 Å². The average molecular weight is 376 g/mol. The average Bonchev–Trinajstić information content (AvgIpc) is 2.51. The number of hydrogen-bond donors (Lipinski definition) is 0. The predicted octanol–water partition coefficient (Wildman–Crippen LogP) is 5.13. The first kappa shape index (κ1) is 22.9. The molecule has 0 aromatic carbocycles. The van der Waals surface area contributed by atoms with Crippen LogP contribution in [0.4, 0.5) is 0 Å². The topological polar surface area (TPSA) is 46.6 Å². The van der Waals surface area contributed by atoms with Crippen LogP contribution in [-0.2, 0) is 14.3 Å². The van der Waals surface area contributed by atoms with Gasteiger partial charge in [0.15, 0.2) is 0 Å². The van der Waals surface area contributed by atoms with Crippen molar-refractivity contribution in [2.45, 2.75) is 103 Å². The molecule has 1 aliphatic heterocycles. The van der Waals surface area contributed by atoms with Gasteiger partial charge in [0.1, 0.15) is 6.10 Å². The molecule has 0 aromatic heterocycles. The van der Waals surface area contributed by atoms with Crippen LogP contribution in [0.5, 0.6) is 0 Å². The summed E-state index contributed by atoms with van der Waals surface area (Å²) in [7, 11) is -3.28. The highest BCUT2D eigenvalue weighted by Crippen LogP contribution is 2.16. The maximum atomic E-state index is 11.0. The molecule has 0 unspecified atom stereocenters. The van der Waals surface area contributed by atoms with Crippen molar-refractivity contribution in [2.75, 3.05) is 25.9 Å². The fourth-order valence-corrected chi connectivity index (χ4v) is 4.16. The zero-order chi connectivity index (χ0) is 18.4. The lowest BCUT2D eigenvalue weighted by molar-refractivity contribution is 0.0241. The summed E-state index contributed by atoms with van der Waals surface area (Å²) in [5.74, 6) is 0. The van der Waals surface area contributed by atoms with E-state index in [0.29, 0.717) is 0 Å². The third kappa shape index (κ3) is 13.7. The van der Waals surface area contributed by atoms with E-state index in [1.54, 1.807) is 0 Å². The van der Waals surface area contributed by atoms with E-state index in [0.717, 1.165) is 25.9 Å². The van der Waals surface area contributed by atoms with E-state index in [-0.39, 0.29) is 6.10 Å². The third-order valence-electron chi connectivity index (χ3n) is 5.06. The monoisotopic (exact) mass is 375 g/mol. The molecule has 0 radical (unpaired) electrons. The zero-order valence-corrected chi connectivity index (χ0v) is 17.5. The van der Waals surface area contributed by atoms with Gasteiger partial charge in [-0.2, -0.15) is 8.42 Å². The summed E-state index contributed by atoms with van der Waals surface area (Å²) in [5.41, 5.74) is 0. The van der Waals surface area contributed by atoms with Gasteiger partial charge in [-0.15, -0.1) is 0 Å². The highest BCUT2D eigenvalue weighted by Gasteiger charge is 2.29. The second kappa shape index (κ2) is 14.0. The van der Waals surface area contributed by atoms with Gasteiger partial charge in [-0.05, 0) is 13.0 Å². The van der Waals surface area contributed by atoms with Gasteiger partial charge in [0.05, 0.1) is 6.26 Å². The molecule has 150 valence electrons. The molecule has 1 rings (SSSR count). The second-order valence-corrected chi connectivity index (χ2v) is 9.38. The van der Waals surface area contributed by atoms with Crippen molar-refractivity contribution in [2.24, 2.45) is 0 Å². The van der Waals surface area contributed by atoms with Gasteiger partial charge in [0.2, 0.25) is 0 Å². The number of nitrogens with zero attached hydrogens (tertiary/aromatic N) is 1. The van der Waals surface area contributed by atoms with Gasteiger partial charge in [-0.1, -0.05) is 90.4 Å². The van der Waals surface area contributed by atoms with E-state index in [1.165, 1.54) is 89.9 Å². The molecular formula is C20H41NO3S. The van der Waals surface area contributed by atoms with Crippen molar-refractivity contribution in [1.29, 1.82) is 0 Å². The molecule has 25 heavy (non-hydrogen) atoms. The Labute approximate surface area is 156 Å². The quantitative estimate of drug-likeness (QED) is 0.261. The van der Waals surface area contributed by atoms with E-state index in [1.807, 2.05) is 0 Å². The fraction of sp³-hybridized carbons (Fsp3) is 1.00. The lowest BCUT2D eigenvalue weighted by Gasteiger charge is -2.37. The summed E-state index contributed by atoms with van der Waals surface area (Å²) in [6, 6.07) is 0. The van der Waals surface area contributed by atoms with Gasteiger partial charge in [-0.3, -0.25) is 9.08 Å². The Kier molecular flexibility index (Phi) is 12.8. The van der Waals surface area contributed by atoms with Crippen molar-refractivity contribution >= 4 is 10.1 Å². The third-order valence-corrected chi connectivity index (χ3v) is 5.68. The molecule has 1 heterocycles. The summed E-state index contributed by atoms with van der Waals surface area (Å²) in [6.07, 6.45) is 20.4. The number of hydrogen-bond acceptors (Lipinski definition) is 4. The Bertz CT molecular complexity index is 405. The second-order valence-electron chi connectivity index (χ2n) is 7.78. The Morgan fingerprint density at radius 3 is 1.56 bits per heavy atom. The van der Waals surface area contributed by atoms with E-state index in [9.17, 15) is 8.42 Å². The van der Waals surface area contributed by atoms with Crippen LogP contribution in [0.1, 0.15) is 96.8 Å². The lowest BCUT2D eigenvalue weighted by atomic mass is 10.0. The highest BCUT2D eigenvalue weighted by molar-refractivity contribution is 7.86. The molecule has 0 atom stereocenters. The lowest BCUT2D eigenvalue weighted by Crippen LogP contribution is -2.52. The largest absolute Gasteiger partial charge is 0.298 e. The van der Waals surface area contributed by atoms with Crippen LogP contribution in [0, 0.1) is 0 Å². The first-order valence-corrected chi connectivity index (χ1v) is 12.4. The number of likely N-dealkylation sites (tertiary alicyclic amines) is 1. The normalized spacial score (nSPS) is 16.2. The molecule has 0 N–H and O–H groups in total. The highest BCUT2D eigenvalue weighted by atomic mass is 32.2. The Morgan fingerprint density at radius 2 is 1.16 bits per heavy atom. The molecule has 0 aliphatic carbocycles. The Morgan fingerprint density at radius 1 is 0.760 bits per heavy atom. The van der Waals surface area contributed by atoms with Crippen LogP contribution in [0.3, 0.4) is 0 Å². The van der Waals surface area contributed by atoms with Gasteiger partial charge < -0.3 is 0 Å². The van der Waals surface area contributed by atoms with E-state index in [4.69, 9.17) is 4.18 Å². The summed E-state index contributed by atoms with van der Waals surface area (Å²) < 4.78 is 27.0. The molecule has 0 amide bonds. The summed E-state index contributed by atoms with van der Waals surface area (Å²) in [4.78, 5) is 2.29. The first-order chi connectivity index (χ1) is 12.0. The molecule has 5 heteroatoms. The fourth-order valence-electron chi connectivity index (χ4n) is 3.54. The molecule has 1 fully saturated rings. The molecule has 0 aromatic rings. The first-order valence-electron chi connectivity index (χ1n) is 10.6. The van der Waals surface area contributed by atoms with E-state index in [2.05, 4.69) is 11.8 Å². The molecule has 0 bridgehead atoms. The summed E-state index contributed by atoms with van der Waals surface area (Å²) in [6.45, 7) is 4.90. The predicted molar refractivity (Wildman–Crippen MR) is 106 cm³/mol. The van der Waals surface area contributed by atoms with Crippen LogP contribution in [0.2, 0.25) is 0 Å². The number of unbranched alkanes of at least 4 members (excludes halogenated alkanes) is 13. The summed E-state index contributed by atoms with van der Waals surface area (Å²) >= 11 is 0. The minimum atomic E-state index is -3.28. The molecule has 0 spiro atoms. The van der Waals surface area contributed by atoms with Crippen LogP contribution in [0.25, 0.3) is 0 Å². The maximum absolute atomic E-state index is 11.0. The molecule has 0 saturated carbocycles. The maximum Gasteiger partial charge on any atom is 0.264 e. The standard InChI is InChI=1S/C20H41NO3S/c1-3-4-5-6-7-8-9-10-11-12-13-14-15-16-17-21-18-20(19-21)24-25(2,22)23/h20H,3-19H2,1-2H3. The SMILES string of the molecule is CCCCCCCCCCCCCCCCN1CC(OS(C)(=O)=O)C1. The van der Waals surface area contributed by atoms with Crippen LogP contribution >= 0.6 is 0 Å². The van der Waals surface area contributed by atoms with Gasteiger partial charge >= 0.3 is 0 Å². The Balaban J connectivity index is 1.73. The Hall–Kier alpha value is -0.130.